The molecule has 2 aliphatic heterocycles. The topological polar surface area (TPSA) is 104 Å². The first-order valence-electron chi connectivity index (χ1n) is 11.7. The number of likely N-dealkylation sites (tertiary alicyclic amines) is 1. The van der Waals surface area contributed by atoms with E-state index in [1.165, 1.54) is 0 Å². The van der Waals surface area contributed by atoms with Crippen LogP contribution in [0.2, 0.25) is 0 Å². The van der Waals surface area contributed by atoms with E-state index >= 15 is 0 Å². The maximum absolute atomic E-state index is 13.3. The maximum Gasteiger partial charge on any atom is 0.325 e. The van der Waals surface area contributed by atoms with Gasteiger partial charge in [0, 0.05) is 35.6 Å². The summed E-state index contributed by atoms with van der Waals surface area (Å²) in [5, 5.41) is 3.76. The number of carbonyl (C=O) groups excluding carboxylic acids is 3. The highest BCUT2D eigenvalue weighted by Gasteiger charge is 2.41. The average Bonchev–Trinajstić information content (AvgIpc) is 3.59. The van der Waals surface area contributed by atoms with Crippen LogP contribution in [0.5, 0.6) is 11.5 Å². The largest absolute Gasteiger partial charge is 0.497 e. The summed E-state index contributed by atoms with van der Waals surface area (Å²) in [5.74, 6) is 0.690. The summed E-state index contributed by atoms with van der Waals surface area (Å²) in [4.78, 5) is 45.0. The molecule has 2 atom stereocenters. The fraction of sp³-hybridized carbons (Fsp3) is 0.346. The smallest absolute Gasteiger partial charge is 0.325 e. The van der Waals surface area contributed by atoms with E-state index in [4.69, 9.17) is 9.47 Å². The highest BCUT2D eigenvalue weighted by atomic mass is 16.5. The quantitative estimate of drug-likeness (QED) is 0.510. The molecule has 0 radical (unpaired) electrons. The van der Waals surface area contributed by atoms with Crippen molar-refractivity contribution in [3.8, 4) is 11.5 Å². The predicted molar refractivity (Wildman–Crippen MR) is 129 cm³/mol. The lowest BCUT2D eigenvalue weighted by atomic mass is 10.0. The van der Waals surface area contributed by atoms with Crippen molar-refractivity contribution < 1.29 is 23.9 Å². The molecule has 182 valence electrons. The Morgan fingerprint density at radius 2 is 1.94 bits per heavy atom. The van der Waals surface area contributed by atoms with Crippen LogP contribution < -0.4 is 14.8 Å². The zero-order valence-corrected chi connectivity index (χ0v) is 19.7. The van der Waals surface area contributed by atoms with Gasteiger partial charge in [-0.3, -0.25) is 14.5 Å². The molecule has 2 N–H and O–H groups in total. The van der Waals surface area contributed by atoms with E-state index in [2.05, 4.69) is 10.3 Å². The first-order chi connectivity index (χ1) is 17.0. The number of methoxy groups -OCH3 is 2. The molecule has 0 bridgehead atoms. The SMILES string of the molecule is COc1ccc(OC)c(C2CCCN2C(=O)CN2C(=O)NC(Cc3c[nH]c4ccccc34)C2=O)c1. The van der Waals surface area contributed by atoms with E-state index in [9.17, 15) is 14.4 Å². The number of hydrogen-bond acceptors (Lipinski definition) is 5. The molecule has 0 aliphatic carbocycles. The van der Waals surface area contributed by atoms with Crippen molar-refractivity contribution in [3.63, 3.8) is 0 Å². The molecule has 2 aromatic carbocycles. The number of H-pyrrole nitrogens is 1. The van der Waals surface area contributed by atoms with E-state index < -0.39 is 12.1 Å². The predicted octanol–water partition coefficient (Wildman–Crippen LogP) is 3.01. The Kier molecular flexibility index (Phi) is 6.07. The van der Waals surface area contributed by atoms with Gasteiger partial charge in [0.25, 0.3) is 5.91 Å². The molecule has 2 unspecified atom stereocenters. The van der Waals surface area contributed by atoms with Crippen LogP contribution in [0, 0.1) is 0 Å². The Balaban J connectivity index is 1.30. The summed E-state index contributed by atoms with van der Waals surface area (Å²) in [6.07, 6.45) is 3.79. The van der Waals surface area contributed by atoms with Gasteiger partial charge in [-0.15, -0.1) is 0 Å². The molecule has 2 aliphatic rings. The molecule has 4 amide bonds. The third-order valence-corrected chi connectivity index (χ3v) is 6.87. The molecule has 9 nitrogen and oxygen atoms in total. The number of urea groups is 1. The van der Waals surface area contributed by atoms with Crippen LogP contribution >= 0.6 is 0 Å². The number of hydrogen-bond donors (Lipinski definition) is 2. The van der Waals surface area contributed by atoms with Crippen LogP contribution in [-0.2, 0) is 16.0 Å². The minimum absolute atomic E-state index is 0.213. The van der Waals surface area contributed by atoms with Gasteiger partial charge in [-0.25, -0.2) is 4.79 Å². The van der Waals surface area contributed by atoms with Gasteiger partial charge in [-0.1, -0.05) is 18.2 Å². The summed E-state index contributed by atoms with van der Waals surface area (Å²) in [5.41, 5.74) is 2.77. The van der Waals surface area contributed by atoms with Crippen molar-refractivity contribution in [2.24, 2.45) is 0 Å². The number of rotatable bonds is 7. The van der Waals surface area contributed by atoms with Crippen molar-refractivity contribution in [3.05, 3.63) is 59.8 Å². The summed E-state index contributed by atoms with van der Waals surface area (Å²) < 4.78 is 10.9. The van der Waals surface area contributed by atoms with E-state index in [1.54, 1.807) is 19.1 Å². The third-order valence-electron chi connectivity index (χ3n) is 6.87. The fourth-order valence-electron chi connectivity index (χ4n) is 5.10. The molecule has 3 heterocycles. The molecular weight excluding hydrogens is 448 g/mol. The molecule has 9 heteroatoms. The van der Waals surface area contributed by atoms with Crippen LogP contribution in [-0.4, -0.2) is 66.0 Å². The molecule has 0 spiro atoms. The number of nitrogens with one attached hydrogen (secondary N) is 2. The second-order valence-corrected chi connectivity index (χ2v) is 8.84. The minimum Gasteiger partial charge on any atom is -0.497 e. The van der Waals surface area contributed by atoms with Crippen LogP contribution in [0.25, 0.3) is 10.9 Å². The normalized spacial score (nSPS) is 19.9. The Morgan fingerprint density at radius 3 is 2.74 bits per heavy atom. The lowest BCUT2D eigenvalue weighted by Crippen LogP contribution is -2.43. The third kappa shape index (κ3) is 4.18. The van der Waals surface area contributed by atoms with E-state index in [0.29, 0.717) is 24.5 Å². The van der Waals surface area contributed by atoms with Gasteiger partial charge >= 0.3 is 6.03 Å². The number of ether oxygens (including phenoxy) is 2. The number of amides is 4. The van der Waals surface area contributed by atoms with Gasteiger partial charge in [0.15, 0.2) is 0 Å². The zero-order chi connectivity index (χ0) is 24.5. The van der Waals surface area contributed by atoms with Crippen molar-refractivity contribution >= 4 is 28.7 Å². The monoisotopic (exact) mass is 476 g/mol. The van der Waals surface area contributed by atoms with Gasteiger partial charge in [0.1, 0.15) is 24.1 Å². The Labute approximate surface area is 203 Å². The van der Waals surface area contributed by atoms with Crippen molar-refractivity contribution in [2.45, 2.75) is 31.3 Å². The number of nitrogens with zero attached hydrogens (tertiary/aromatic N) is 2. The summed E-state index contributed by atoms with van der Waals surface area (Å²) >= 11 is 0. The van der Waals surface area contributed by atoms with Crippen LogP contribution in [0.1, 0.15) is 30.0 Å². The Morgan fingerprint density at radius 1 is 1.11 bits per heavy atom. The number of imide groups is 1. The highest BCUT2D eigenvalue weighted by Crippen LogP contribution is 2.39. The van der Waals surface area contributed by atoms with E-state index in [0.717, 1.165) is 39.8 Å². The molecule has 5 rings (SSSR count). The number of benzene rings is 2. The minimum atomic E-state index is -0.706. The summed E-state index contributed by atoms with van der Waals surface area (Å²) in [6, 6.07) is 11.9. The average molecular weight is 477 g/mol. The van der Waals surface area contributed by atoms with Gasteiger partial charge in [-0.2, -0.15) is 0 Å². The maximum atomic E-state index is 13.3. The Bertz CT molecular complexity index is 1290. The zero-order valence-electron chi connectivity index (χ0n) is 19.7. The van der Waals surface area contributed by atoms with Crippen LogP contribution in [0.3, 0.4) is 0 Å². The first kappa shape index (κ1) is 22.8. The van der Waals surface area contributed by atoms with Crippen molar-refractivity contribution in [1.29, 1.82) is 0 Å². The van der Waals surface area contributed by atoms with Crippen LogP contribution in [0.4, 0.5) is 4.79 Å². The van der Waals surface area contributed by atoms with E-state index in [-0.39, 0.29) is 24.4 Å². The molecule has 35 heavy (non-hydrogen) atoms. The first-order valence-corrected chi connectivity index (χ1v) is 11.7. The van der Waals surface area contributed by atoms with E-state index in [1.807, 2.05) is 48.7 Å². The number of carbonyl (C=O) groups is 3. The molecular formula is C26H28N4O5. The number of aromatic nitrogens is 1. The van der Waals surface area contributed by atoms with Crippen molar-refractivity contribution in [2.75, 3.05) is 27.3 Å². The molecule has 3 aromatic rings. The summed E-state index contributed by atoms with van der Waals surface area (Å²) in [6.45, 7) is 0.254. The van der Waals surface area contributed by atoms with Gasteiger partial charge < -0.3 is 24.7 Å². The van der Waals surface area contributed by atoms with Crippen LogP contribution in [0.15, 0.2) is 48.7 Å². The highest BCUT2D eigenvalue weighted by molar-refractivity contribution is 6.06. The van der Waals surface area contributed by atoms with Gasteiger partial charge in [0.05, 0.1) is 20.3 Å². The second kappa shape index (κ2) is 9.32. The molecule has 0 saturated carbocycles. The number of para-hydroxylation sites is 1. The number of aromatic amines is 1. The summed E-state index contributed by atoms with van der Waals surface area (Å²) in [7, 11) is 3.18. The molecule has 2 saturated heterocycles. The van der Waals surface area contributed by atoms with Crippen molar-refractivity contribution in [1.82, 2.24) is 20.1 Å². The number of fused-ring (bicyclic) bond motifs is 1. The lowest BCUT2D eigenvalue weighted by molar-refractivity contribution is -0.138. The second-order valence-electron chi connectivity index (χ2n) is 8.84. The van der Waals surface area contributed by atoms with Gasteiger partial charge in [-0.05, 0) is 42.7 Å². The van der Waals surface area contributed by atoms with Gasteiger partial charge in [0.2, 0.25) is 5.91 Å². The lowest BCUT2D eigenvalue weighted by Gasteiger charge is -2.28. The fourth-order valence-corrected chi connectivity index (χ4v) is 5.10. The Hall–Kier alpha value is -4.01. The molecule has 2 fully saturated rings. The standard InChI is InChI=1S/C26H28N4O5/c1-34-17-9-10-23(35-2)19(13-17)22-8-5-11-29(22)24(31)15-30-25(32)21(28-26(30)33)12-16-14-27-20-7-4-3-6-18(16)20/h3-4,6-7,9-10,13-14,21-22,27H,5,8,11-12,15H2,1-2H3,(H,28,33). The molecule has 1 aromatic heterocycles.